The molecule has 1 fully saturated rings. The highest BCUT2D eigenvalue weighted by atomic mass is 35.5. The van der Waals surface area contributed by atoms with Gasteiger partial charge in [-0.05, 0) is 37.6 Å². The molecule has 1 heterocycles. The molecule has 116 valence electrons. The summed E-state index contributed by atoms with van der Waals surface area (Å²) in [5.74, 6) is -1.03. The van der Waals surface area contributed by atoms with Crippen LogP contribution in [0.15, 0.2) is 18.2 Å². The number of rotatable bonds is 3. The standard InChI is InChI=1S/C14H18FN3O2.ClH/c1-9(19)17-13-8-10(5-6-11(13)15)18-14(20)12-4-2-3-7-16-12;/h5-6,8,12,16H,2-4,7H2,1H3,(H,17,19)(H,18,20);1H/t12-;/m0./s1. The first-order valence-corrected chi connectivity index (χ1v) is 6.67. The Bertz CT molecular complexity index is 519. The van der Waals surface area contributed by atoms with E-state index in [9.17, 15) is 14.0 Å². The average Bonchev–Trinajstić information content (AvgIpc) is 2.43. The molecule has 0 unspecified atom stereocenters. The maximum Gasteiger partial charge on any atom is 0.241 e. The summed E-state index contributed by atoms with van der Waals surface area (Å²) in [5, 5.41) is 8.26. The number of anilines is 2. The van der Waals surface area contributed by atoms with Crippen molar-refractivity contribution in [1.29, 1.82) is 0 Å². The van der Waals surface area contributed by atoms with Crippen LogP contribution in [0.25, 0.3) is 0 Å². The molecule has 1 atom stereocenters. The molecule has 1 saturated heterocycles. The summed E-state index contributed by atoms with van der Waals surface area (Å²) < 4.78 is 13.5. The molecule has 0 bridgehead atoms. The molecule has 0 spiro atoms. The number of hydrogen-bond acceptors (Lipinski definition) is 3. The summed E-state index contributed by atoms with van der Waals surface area (Å²) in [6, 6.07) is 3.90. The van der Waals surface area contributed by atoms with Crippen LogP contribution in [0.5, 0.6) is 0 Å². The molecule has 5 nitrogen and oxygen atoms in total. The van der Waals surface area contributed by atoms with Gasteiger partial charge in [0.25, 0.3) is 0 Å². The molecule has 0 aliphatic carbocycles. The SMILES string of the molecule is CC(=O)Nc1cc(NC(=O)[C@@H]2CCCCN2)ccc1F.Cl. The van der Waals surface area contributed by atoms with E-state index in [2.05, 4.69) is 16.0 Å². The van der Waals surface area contributed by atoms with Crippen LogP contribution >= 0.6 is 12.4 Å². The number of nitrogens with one attached hydrogen (secondary N) is 3. The van der Waals surface area contributed by atoms with Gasteiger partial charge in [0.15, 0.2) is 0 Å². The van der Waals surface area contributed by atoms with Gasteiger partial charge in [0.2, 0.25) is 11.8 Å². The van der Waals surface area contributed by atoms with E-state index < -0.39 is 5.82 Å². The lowest BCUT2D eigenvalue weighted by Gasteiger charge is -2.22. The van der Waals surface area contributed by atoms with Crippen molar-refractivity contribution in [2.45, 2.75) is 32.2 Å². The monoisotopic (exact) mass is 315 g/mol. The fourth-order valence-electron chi connectivity index (χ4n) is 2.19. The first kappa shape index (κ1) is 17.4. The highest BCUT2D eigenvalue weighted by Crippen LogP contribution is 2.20. The maximum atomic E-state index is 13.5. The third kappa shape index (κ3) is 4.99. The second-order valence-electron chi connectivity index (χ2n) is 4.87. The number of piperidine rings is 1. The average molecular weight is 316 g/mol. The molecule has 3 N–H and O–H groups in total. The smallest absolute Gasteiger partial charge is 0.241 e. The fraction of sp³-hybridized carbons (Fsp3) is 0.429. The molecular formula is C14H19ClFN3O2. The van der Waals surface area contributed by atoms with E-state index >= 15 is 0 Å². The summed E-state index contributed by atoms with van der Waals surface area (Å²) in [6.07, 6.45) is 2.89. The van der Waals surface area contributed by atoms with Crippen LogP contribution in [0.4, 0.5) is 15.8 Å². The zero-order chi connectivity index (χ0) is 14.5. The third-order valence-corrected chi connectivity index (χ3v) is 3.17. The Morgan fingerprint density at radius 2 is 2.05 bits per heavy atom. The summed E-state index contributed by atoms with van der Waals surface area (Å²) in [4.78, 5) is 23.0. The quantitative estimate of drug-likeness (QED) is 0.801. The van der Waals surface area contributed by atoms with Crippen molar-refractivity contribution >= 4 is 35.6 Å². The molecule has 0 aromatic heterocycles. The van der Waals surface area contributed by atoms with Crippen molar-refractivity contribution in [1.82, 2.24) is 5.32 Å². The van der Waals surface area contributed by atoms with Crippen molar-refractivity contribution in [2.24, 2.45) is 0 Å². The van der Waals surface area contributed by atoms with Crippen molar-refractivity contribution < 1.29 is 14.0 Å². The minimum absolute atomic E-state index is 0. The molecule has 21 heavy (non-hydrogen) atoms. The van der Waals surface area contributed by atoms with Gasteiger partial charge >= 0.3 is 0 Å². The predicted molar refractivity (Wildman–Crippen MR) is 82.2 cm³/mol. The van der Waals surface area contributed by atoms with Gasteiger partial charge in [-0.15, -0.1) is 12.4 Å². The third-order valence-electron chi connectivity index (χ3n) is 3.17. The number of carbonyl (C=O) groups excluding carboxylic acids is 2. The summed E-state index contributed by atoms with van der Waals surface area (Å²) >= 11 is 0. The zero-order valence-electron chi connectivity index (χ0n) is 11.7. The van der Waals surface area contributed by atoms with Gasteiger partial charge in [-0.3, -0.25) is 9.59 Å². The van der Waals surface area contributed by atoms with Gasteiger partial charge < -0.3 is 16.0 Å². The van der Waals surface area contributed by atoms with Crippen molar-refractivity contribution in [2.75, 3.05) is 17.2 Å². The second-order valence-corrected chi connectivity index (χ2v) is 4.87. The van der Waals surface area contributed by atoms with Gasteiger partial charge in [-0.1, -0.05) is 6.42 Å². The fourth-order valence-corrected chi connectivity index (χ4v) is 2.19. The van der Waals surface area contributed by atoms with Crippen LogP contribution in [-0.4, -0.2) is 24.4 Å². The van der Waals surface area contributed by atoms with Gasteiger partial charge in [0.1, 0.15) is 5.82 Å². The maximum absolute atomic E-state index is 13.5. The minimum atomic E-state index is -0.533. The van der Waals surface area contributed by atoms with Crippen molar-refractivity contribution in [3.8, 4) is 0 Å². The summed E-state index contributed by atoms with van der Waals surface area (Å²) in [5.41, 5.74) is 0.527. The van der Waals surface area contributed by atoms with Gasteiger partial charge in [0, 0.05) is 12.6 Å². The molecule has 0 radical (unpaired) electrons. The largest absolute Gasteiger partial charge is 0.325 e. The zero-order valence-corrected chi connectivity index (χ0v) is 12.6. The topological polar surface area (TPSA) is 70.2 Å². The number of carbonyl (C=O) groups is 2. The van der Waals surface area contributed by atoms with Crippen LogP contribution in [0.1, 0.15) is 26.2 Å². The van der Waals surface area contributed by atoms with Crippen molar-refractivity contribution in [3.63, 3.8) is 0 Å². The van der Waals surface area contributed by atoms with E-state index in [-0.39, 0.29) is 36.0 Å². The minimum Gasteiger partial charge on any atom is -0.325 e. The lowest BCUT2D eigenvalue weighted by molar-refractivity contribution is -0.118. The molecule has 1 aliphatic rings. The lowest BCUT2D eigenvalue weighted by atomic mass is 10.0. The van der Waals surface area contributed by atoms with Gasteiger partial charge in [-0.25, -0.2) is 4.39 Å². The highest BCUT2D eigenvalue weighted by Gasteiger charge is 2.20. The number of amides is 2. The molecule has 1 aromatic rings. The molecule has 2 rings (SSSR count). The van der Waals surface area contributed by atoms with E-state index in [1.54, 1.807) is 0 Å². The van der Waals surface area contributed by atoms with Gasteiger partial charge in [0.05, 0.1) is 11.7 Å². The Kier molecular flexibility index (Phi) is 6.58. The van der Waals surface area contributed by atoms with Crippen LogP contribution < -0.4 is 16.0 Å². The highest BCUT2D eigenvalue weighted by molar-refractivity contribution is 5.96. The predicted octanol–water partition coefficient (Wildman–Crippen LogP) is 2.29. The summed E-state index contributed by atoms with van der Waals surface area (Å²) in [6.45, 7) is 2.13. The van der Waals surface area contributed by atoms with Crippen LogP contribution in [0.2, 0.25) is 0 Å². The first-order chi connectivity index (χ1) is 9.56. The Balaban J connectivity index is 0.00000220. The number of halogens is 2. The van der Waals surface area contributed by atoms with Crippen LogP contribution in [-0.2, 0) is 9.59 Å². The Hall–Kier alpha value is -1.66. The molecule has 7 heteroatoms. The first-order valence-electron chi connectivity index (χ1n) is 6.67. The molecule has 0 saturated carbocycles. The Morgan fingerprint density at radius 1 is 1.29 bits per heavy atom. The van der Waals surface area contributed by atoms with Gasteiger partial charge in [-0.2, -0.15) is 0 Å². The van der Waals surface area contributed by atoms with E-state index in [4.69, 9.17) is 0 Å². The van der Waals surface area contributed by atoms with Crippen LogP contribution in [0.3, 0.4) is 0 Å². The Morgan fingerprint density at radius 3 is 2.67 bits per heavy atom. The molecular weight excluding hydrogens is 297 g/mol. The van der Waals surface area contributed by atoms with E-state index in [0.29, 0.717) is 5.69 Å². The lowest BCUT2D eigenvalue weighted by Crippen LogP contribution is -2.43. The molecule has 2 amide bonds. The van der Waals surface area contributed by atoms with E-state index in [1.165, 1.54) is 25.1 Å². The van der Waals surface area contributed by atoms with E-state index in [1.807, 2.05) is 0 Å². The second kappa shape index (κ2) is 7.95. The normalized spacial score (nSPS) is 17.5. The van der Waals surface area contributed by atoms with Crippen molar-refractivity contribution in [3.05, 3.63) is 24.0 Å². The summed E-state index contributed by atoms with van der Waals surface area (Å²) in [7, 11) is 0. The van der Waals surface area contributed by atoms with Crippen LogP contribution in [0, 0.1) is 5.82 Å². The Labute approximate surface area is 129 Å². The number of benzene rings is 1. The number of hydrogen-bond donors (Lipinski definition) is 3. The molecule has 1 aromatic carbocycles. The van der Waals surface area contributed by atoms with E-state index in [0.717, 1.165) is 25.8 Å². The molecule has 1 aliphatic heterocycles.